The van der Waals surface area contributed by atoms with E-state index in [0.717, 1.165) is 32.4 Å². The molecule has 2 amide bonds. The van der Waals surface area contributed by atoms with Crippen LogP contribution < -0.4 is 0 Å². The number of amides is 2. The lowest BCUT2D eigenvalue weighted by atomic mass is 10.1. The molecule has 1 aromatic rings. The zero-order valence-electron chi connectivity index (χ0n) is 16.7. The molecule has 0 bridgehead atoms. The number of likely N-dealkylation sites (tertiary alicyclic amines) is 3. The molecule has 3 saturated heterocycles. The van der Waals surface area contributed by atoms with Gasteiger partial charge in [-0.1, -0.05) is 30.3 Å². The first-order chi connectivity index (χ1) is 14.1. The van der Waals surface area contributed by atoms with Gasteiger partial charge >= 0.3 is 5.97 Å². The summed E-state index contributed by atoms with van der Waals surface area (Å²) in [5.41, 5.74) is 1.18. The van der Waals surface area contributed by atoms with Crippen LogP contribution in [0.3, 0.4) is 0 Å². The van der Waals surface area contributed by atoms with Gasteiger partial charge in [0.05, 0.1) is 6.04 Å². The summed E-state index contributed by atoms with van der Waals surface area (Å²) >= 11 is 0. The lowest BCUT2D eigenvalue weighted by molar-refractivity contribution is -0.152. The van der Waals surface area contributed by atoms with E-state index < -0.39 is 18.1 Å². The zero-order valence-corrected chi connectivity index (χ0v) is 16.7. The molecule has 3 aliphatic rings. The monoisotopic (exact) mass is 399 g/mol. The minimum Gasteiger partial charge on any atom is -0.480 e. The second-order valence-corrected chi connectivity index (χ2v) is 8.33. The average Bonchev–Trinajstić information content (AvgIpc) is 3.47. The van der Waals surface area contributed by atoms with Crippen LogP contribution in [0, 0.1) is 0 Å². The lowest BCUT2D eigenvalue weighted by Crippen LogP contribution is -2.54. The standard InChI is InChI=1S/C22H29N3O4/c26-20(17-9-4-12-23(17)15-16-7-2-1-3-8-16)24-13-5-10-18(24)21(27)25-14-6-11-19(25)22(28)29/h1-3,7-8,17-19H,4-6,9-15H2,(H,28,29)/t17-,18-,19-/m0/s1. The van der Waals surface area contributed by atoms with Gasteiger partial charge in [-0.15, -0.1) is 0 Å². The smallest absolute Gasteiger partial charge is 0.326 e. The molecule has 3 atom stereocenters. The Morgan fingerprint density at radius 3 is 2.03 bits per heavy atom. The summed E-state index contributed by atoms with van der Waals surface area (Å²) in [6.07, 6.45) is 4.40. The van der Waals surface area contributed by atoms with E-state index in [2.05, 4.69) is 17.0 Å². The second kappa shape index (κ2) is 8.53. The van der Waals surface area contributed by atoms with Crippen molar-refractivity contribution >= 4 is 17.8 Å². The van der Waals surface area contributed by atoms with Crippen molar-refractivity contribution in [1.29, 1.82) is 0 Å². The van der Waals surface area contributed by atoms with Crippen LogP contribution in [0.25, 0.3) is 0 Å². The molecule has 7 heteroatoms. The Kier molecular flexibility index (Phi) is 5.85. The number of rotatable bonds is 5. The van der Waals surface area contributed by atoms with Gasteiger partial charge in [0, 0.05) is 19.6 Å². The van der Waals surface area contributed by atoms with Crippen molar-refractivity contribution in [2.75, 3.05) is 19.6 Å². The molecule has 3 heterocycles. The molecular weight excluding hydrogens is 370 g/mol. The van der Waals surface area contributed by atoms with E-state index in [1.807, 2.05) is 18.2 Å². The largest absolute Gasteiger partial charge is 0.480 e. The predicted molar refractivity (Wildman–Crippen MR) is 107 cm³/mol. The van der Waals surface area contributed by atoms with Crippen LogP contribution in [0.5, 0.6) is 0 Å². The number of carboxylic acids is 1. The molecule has 29 heavy (non-hydrogen) atoms. The van der Waals surface area contributed by atoms with E-state index in [1.165, 1.54) is 10.5 Å². The minimum absolute atomic E-state index is 0.0281. The topological polar surface area (TPSA) is 81.2 Å². The third-order valence-electron chi connectivity index (χ3n) is 6.52. The molecule has 3 fully saturated rings. The summed E-state index contributed by atoms with van der Waals surface area (Å²) in [7, 11) is 0. The molecule has 0 saturated carbocycles. The number of nitrogens with zero attached hydrogens (tertiary/aromatic N) is 3. The highest BCUT2D eigenvalue weighted by molar-refractivity contribution is 5.92. The molecule has 7 nitrogen and oxygen atoms in total. The van der Waals surface area contributed by atoms with Crippen LogP contribution in [0.4, 0.5) is 0 Å². The number of benzene rings is 1. The van der Waals surface area contributed by atoms with Crippen molar-refractivity contribution < 1.29 is 19.5 Å². The van der Waals surface area contributed by atoms with Gasteiger partial charge in [0.2, 0.25) is 11.8 Å². The normalized spacial score (nSPS) is 27.5. The van der Waals surface area contributed by atoms with Gasteiger partial charge < -0.3 is 14.9 Å². The van der Waals surface area contributed by atoms with Gasteiger partial charge in [0.25, 0.3) is 0 Å². The molecular formula is C22H29N3O4. The third kappa shape index (κ3) is 4.01. The summed E-state index contributed by atoms with van der Waals surface area (Å²) in [6.45, 7) is 2.66. The van der Waals surface area contributed by atoms with Crippen molar-refractivity contribution in [2.45, 2.75) is 63.2 Å². The van der Waals surface area contributed by atoms with Crippen molar-refractivity contribution in [2.24, 2.45) is 0 Å². The van der Waals surface area contributed by atoms with Gasteiger partial charge in [0.1, 0.15) is 12.1 Å². The first-order valence-electron chi connectivity index (χ1n) is 10.7. The lowest BCUT2D eigenvalue weighted by Gasteiger charge is -2.33. The fraction of sp³-hybridized carbons (Fsp3) is 0.591. The molecule has 0 radical (unpaired) electrons. The third-order valence-corrected chi connectivity index (χ3v) is 6.52. The van der Waals surface area contributed by atoms with Gasteiger partial charge in [-0.2, -0.15) is 0 Å². The van der Waals surface area contributed by atoms with E-state index in [0.29, 0.717) is 32.4 Å². The Morgan fingerprint density at radius 2 is 1.34 bits per heavy atom. The molecule has 1 aromatic carbocycles. The van der Waals surface area contributed by atoms with E-state index in [1.54, 1.807) is 4.90 Å². The van der Waals surface area contributed by atoms with Crippen LogP contribution >= 0.6 is 0 Å². The van der Waals surface area contributed by atoms with Crippen molar-refractivity contribution in [3.8, 4) is 0 Å². The maximum atomic E-state index is 13.4. The van der Waals surface area contributed by atoms with Gasteiger partial charge in [-0.25, -0.2) is 4.79 Å². The van der Waals surface area contributed by atoms with Crippen molar-refractivity contribution in [3.05, 3.63) is 35.9 Å². The van der Waals surface area contributed by atoms with E-state index >= 15 is 0 Å². The van der Waals surface area contributed by atoms with Gasteiger partial charge in [-0.3, -0.25) is 14.5 Å². The number of carbonyl (C=O) groups is 3. The predicted octanol–water partition coefficient (Wildman–Crippen LogP) is 1.72. The van der Waals surface area contributed by atoms with Crippen molar-refractivity contribution in [3.63, 3.8) is 0 Å². The number of carboxylic acid groups (broad SMARTS) is 1. The summed E-state index contributed by atoms with van der Waals surface area (Å²) in [4.78, 5) is 43.4. The molecule has 1 N–H and O–H groups in total. The molecule has 3 aliphatic heterocycles. The number of hydrogen-bond acceptors (Lipinski definition) is 4. The number of aliphatic carboxylic acids is 1. The van der Waals surface area contributed by atoms with Crippen LogP contribution in [-0.4, -0.2) is 75.3 Å². The molecule has 0 aromatic heterocycles. The van der Waals surface area contributed by atoms with Crippen LogP contribution in [0.1, 0.15) is 44.1 Å². The van der Waals surface area contributed by atoms with Crippen LogP contribution in [0.2, 0.25) is 0 Å². The van der Waals surface area contributed by atoms with Crippen LogP contribution in [0.15, 0.2) is 30.3 Å². The molecule has 0 aliphatic carbocycles. The zero-order chi connectivity index (χ0) is 20.4. The SMILES string of the molecule is O=C(O)[C@@H]1CCCN1C(=O)[C@@H]1CCCN1C(=O)[C@@H]1CCCN1Cc1ccccc1. The first kappa shape index (κ1) is 19.9. The second-order valence-electron chi connectivity index (χ2n) is 8.33. The highest BCUT2D eigenvalue weighted by atomic mass is 16.4. The Morgan fingerprint density at radius 1 is 0.793 bits per heavy atom. The highest BCUT2D eigenvalue weighted by Gasteiger charge is 2.44. The Labute approximate surface area is 171 Å². The maximum absolute atomic E-state index is 13.4. The van der Waals surface area contributed by atoms with Gasteiger partial charge in [0.15, 0.2) is 0 Å². The fourth-order valence-electron chi connectivity index (χ4n) is 5.07. The Bertz CT molecular complexity index is 769. The van der Waals surface area contributed by atoms with E-state index in [9.17, 15) is 19.5 Å². The van der Waals surface area contributed by atoms with Gasteiger partial charge in [-0.05, 0) is 50.6 Å². The molecule has 156 valence electrons. The van der Waals surface area contributed by atoms with Crippen molar-refractivity contribution in [1.82, 2.24) is 14.7 Å². The number of carbonyl (C=O) groups excluding carboxylic acids is 2. The Hall–Kier alpha value is -2.41. The first-order valence-corrected chi connectivity index (χ1v) is 10.7. The Balaban J connectivity index is 1.45. The van der Waals surface area contributed by atoms with Crippen LogP contribution in [-0.2, 0) is 20.9 Å². The number of hydrogen-bond donors (Lipinski definition) is 1. The fourth-order valence-corrected chi connectivity index (χ4v) is 5.07. The molecule has 4 rings (SSSR count). The summed E-state index contributed by atoms with van der Waals surface area (Å²) in [5, 5.41) is 9.42. The molecule has 0 unspecified atom stereocenters. The highest BCUT2D eigenvalue weighted by Crippen LogP contribution is 2.29. The summed E-state index contributed by atoms with van der Waals surface area (Å²) in [5.74, 6) is -1.11. The quantitative estimate of drug-likeness (QED) is 0.815. The maximum Gasteiger partial charge on any atom is 0.326 e. The minimum atomic E-state index is -0.948. The summed E-state index contributed by atoms with van der Waals surface area (Å²) in [6, 6.07) is 8.68. The molecule has 0 spiro atoms. The van der Waals surface area contributed by atoms with E-state index in [-0.39, 0.29) is 17.9 Å². The van der Waals surface area contributed by atoms with E-state index in [4.69, 9.17) is 0 Å². The average molecular weight is 399 g/mol. The summed E-state index contributed by atoms with van der Waals surface area (Å²) < 4.78 is 0.